The molecule has 0 bridgehead atoms. The molecular weight excluding hydrogens is 320 g/mol. The zero-order valence-electron chi connectivity index (χ0n) is 18.2. The Balaban J connectivity index is 1.23. The predicted molar refractivity (Wildman–Crippen MR) is 110 cm³/mol. The third kappa shape index (κ3) is 3.72. The molecule has 4 fully saturated rings. The number of likely N-dealkylation sites (tertiary alicyclic amines) is 2. The maximum Gasteiger partial charge on any atom is 0.0351 e. The summed E-state index contributed by atoms with van der Waals surface area (Å²) in [5.41, 5.74) is 0.689. The summed E-state index contributed by atoms with van der Waals surface area (Å²) in [4.78, 5) is 11.0. The van der Waals surface area contributed by atoms with Gasteiger partial charge in [0.15, 0.2) is 0 Å². The topological polar surface area (TPSA) is 13.0 Å². The highest BCUT2D eigenvalue weighted by atomic mass is 15.4. The normalized spacial score (nSPS) is 36.5. The van der Waals surface area contributed by atoms with Crippen LogP contribution in [0.5, 0.6) is 0 Å². The molecule has 0 amide bonds. The van der Waals surface area contributed by atoms with Gasteiger partial charge in [0.1, 0.15) is 0 Å². The molecule has 2 unspecified atom stereocenters. The molecule has 150 valence electrons. The molecule has 3 heterocycles. The Morgan fingerprint density at radius 2 is 1.04 bits per heavy atom. The number of fused-ring (bicyclic) bond motifs is 1. The molecule has 4 heteroatoms. The number of piperazine rings is 1. The van der Waals surface area contributed by atoms with Gasteiger partial charge in [-0.1, -0.05) is 0 Å². The summed E-state index contributed by atoms with van der Waals surface area (Å²) in [5, 5.41) is 0. The fourth-order valence-corrected chi connectivity index (χ4v) is 5.89. The highest BCUT2D eigenvalue weighted by molar-refractivity contribution is 5.02. The van der Waals surface area contributed by atoms with Crippen molar-refractivity contribution in [3.8, 4) is 0 Å². The van der Waals surface area contributed by atoms with E-state index in [2.05, 4.69) is 61.1 Å². The van der Waals surface area contributed by atoms with Crippen LogP contribution < -0.4 is 0 Å². The second-order valence-electron chi connectivity index (χ2n) is 11.5. The second kappa shape index (κ2) is 6.72. The third-order valence-electron chi connectivity index (χ3n) is 7.86. The van der Waals surface area contributed by atoms with Crippen molar-refractivity contribution in [1.82, 2.24) is 19.6 Å². The van der Waals surface area contributed by atoms with E-state index in [1.807, 2.05) is 0 Å². The van der Waals surface area contributed by atoms with Crippen LogP contribution in [0, 0.1) is 11.8 Å². The summed E-state index contributed by atoms with van der Waals surface area (Å²) in [6, 6.07) is 1.72. The van der Waals surface area contributed by atoms with Crippen molar-refractivity contribution in [2.24, 2.45) is 11.8 Å². The molecule has 0 aromatic rings. The maximum absolute atomic E-state index is 2.84. The van der Waals surface area contributed by atoms with Crippen LogP contribution in [0.1, 0.15) is 54.4 Å². The quantitative estimate of drug-likeness (QED) is 0.748. The number of nitrogens with zero attached hydrogens (tertiary/aromatic N) is 4. The van der Waals surface area contributed by atoms with Crippen LogP contribution in [-0.2, 0) is 0 Å². The van der Waals surface area contributed by atoms with Crippen molar-refractivity contribution < 1.29 is 0 Å². The van der Waals surface area contributed by atoms with Crippen molar-refractivity contribution in [1.29, 1.82) is 0 Å². The van der Waals surface area contributed by atoms with Crippen LogP contribution in [-0.4, -0.2) is 95.1 Å². The lowest BCUT2D eigenvalue weighted by Gasteiger charge is -2.51. The molecule has 3 aliphatic heterocycles. The maximum atomic E-state index is 2.84. The van der Waals surface area contributed by atoms with Gasteiger partial charge >= 0.3 is 0 Å². The number of hydrogen-bond acceptors (Lipinski definition) is 4. The van der Waals surface area contributed by atoms with Crippen LogP contribution in [0.25, 0.3) is 0 Å². The largest absolute Gasteiger partial charge is 0.298 e. The molecule has 4 rings (SSSR count). The number of rotatable bonds is 2. The van der Waals surface area contributed by atoms with Gasteiger partial charge in [-0.2, -0.15) is 0 Å². The minimum absolute atomic E-state index is 0.336. The van der Waals surface area contributed by atoms with Gasteiger partial charge in [-0.05, 0) is 66.2 Å². The van der Waals surface area contributed by atoms with E-state index in [0.29, 0.717) is 11.1 Å². The van der Waals surface area contributed by atoms with Crippen molar-refractivity contribution >= 4 is 0 Å². The first kappa shape index (κ1) is 19.2. The minimum atomic E-state index is 0.336. The summed E-state index contributed by atoms with van der Waals surface area (Å²) in [5.74, 6) is 1.95. The summed E-state index contributed by atoms with van der Waals surface area (Å²) >= 11 is 0. The van der Waals surface area contributed by atoms with Crippen LogP contribution in [0.15, 0.2) is 0 Å². The monoisotopic (exact) mass is 362 g/mol. The summed E-state index contributed by atoms with van der Waals surface area (Å²) < 4.78 is 0. The van der Waals surface area contributed by atoms with E-state index in [0.717, 1.165) is 23.9 Å². The predicted octanol–water partition coefficient (Wildman–Crippen LogP) is 2.60. The standard InChI is InChI=1S/C22H42N4/c1-21(2,3)25-9-7-23(8-10-25)19-11-17-13-24(14-18(17)12-19)20-15-26(16-20)22(4,5)6/h17-20H,7-16H2,1-6H3. The van der Waals surface area contributed by atoms with E-state index < -0.39 is 0 Å². The van der Waals surface area contributed by atoms with Crippen molar-refractivity contribution in [2.45, 2.75) is 77.5 Å². The Bertz CT molecular complexity index is 477. The first-order chi connectivity index (χ1) is 12.1. The molecule has 0 spiro atoms. The lowest BCUT2D eigenvalue weighted by atomic mass is 9.96. The van der Waals surface area contributed by atoms with E-state index in [1.165, 1.54) is 65.2 Å². The van der Waals surface area contributed by atoms with Crippen molar-refractivity contribution in [3.63, 3.8) is 0 Å². The molecule has 26 heavy (non-hydrogen) atoms. The van der Waals surface area contributed by atoms with Crippen molar-refractivity contribution in [3.05, 3.63) is 0 Å². The zero-order valence-corrected chi connectivity index (χ0v) is 18.2. The van der Waals surface area contributed by atoms with Gasteiger partial charge in [0.25, 0.3) is 0 Å². The molecular formula is C22H42N4. The summed E-state index contributed by atoms with van der Waals surface area (Å²) in [7, 11) is 0. The average Bonchev–Trinajstić information content (AvgIpc) is 3.02. The average molecular weight is 363 g/mol. The molecule has 0 aromatic heterocycles. The lowest BCUT2D eigenvalue weighted by molar-refractivity contribution is -0.0178. The molecule has 0 aromatic carbocycles. The van der Waals surface area contributed by atoms with E-state index >= 15 is 0 Å². The summed E-state index contributed by atoms with van der Waals surface area (Å²) in [6.45, 7) is 24.6. The van der Waals surface area contributed by atoms with Crippen molar-refractivity contribution in [2.75, 3.05) is 52.4 Å². The van der Waals surface area contributed by atoms with E-state index in [4.69, 9.17) is 0 Å². The summed E-state index contributed by atoms with van der Waals surface area (Å²) in [6.07, 6.45) is 2.93. The van der Waals surface area contributed by atoms with E-state index in [1.54, 1.807) is 0 Å². The van der Waals surface area contributed by atoms with Gasteiger partial charge in [-0.3, -0.25) is 19.6 Å². The van der Waals surface area contributed by atoms with E-state index in [-0.39, 0.29) is 0 Å². The van der Waals surface area contributed by atoms with Crippen LogP contribution in [0.3, 0.4) is 0 Å². The van der Waals surface area contributed by atoms with Crippen LogP contribution >= 0.6 is 0 Å². The van der Waals surface area contributed by atoms with Gasteiger partial charge in [0.05, 0.1) is 0 Å². The van der Waals surface area contributed by atoms with Crippen LogP contribution in [0.2, 0.25) is 0 Å². The molecule has 4 nitrogen and oxygen atoms in total. The molecule has 2 atom stereocenters. The Kier molecular flexibility index (Phi) is 4.95. The van der Waals surface area contributed by atoms with Gasteiger partial charge in [0, 0.05) is 75.5 Å². The second-order valence-corrected chi connectivity index (χ2v) is 11.5. The lowest BCUT2D eigenvalue weighted by Crippen LogP contribution is -2.64. The molecule has 1 saturated carbocycles. The molecule has 1 aliphatic carbocycles. The first-order valence-electron chi connectivity index (χ1n) is 11.1. The Morgan fingerprint density at radius 3 is 1.50 bits per heavy atom. The fraction of sp³-hybridized carbons (Fsp3) is 1.00. The van der Waals surface area contributed by atoms with Crippen LogP contribution in [0.4, 0.5) is 0 Å². The number of hydrogen-bond donors (Lipinski definition) is 0. The van der Waals surface area contributed by atoms with E-state index in [9.17, 15) is 0 Å². The van der Waals surface area contributed by atoms with Gasteiger partial charge < -0.3 is 0 Å². The minimum Gasteiger partial charge on any atom is -0.298 e. The van der Waals surface area contributed by atoms with Gasteiger partial charge in [-0.25, -0.2) is 0 Å². The molecule has 4 aliphatic rings. The molecule has 3 saturated heterocycles. The van der Waals surface area contributed by atoms with Gasteiger partial charge in [-0.15, -0.1) is 0 Å². The zero-order chi connectivity index (χ0) is 18.7. The Labute approximate surface area is 161 Å². The third-order valence-corrected chi connectivity index (χ3v) is 7.86. The Hall–Kier alpha value is -0.160. The molecule has 0 radical (unpaired) electrons. The first-order valence-corrected chi connectivity index (χ1v) is 11.1. The Morgan fingerprint density at radius 1 is 0.538 bits per heavy atom. The highest BCUT2D eigenvalue weighted by Gasteiger charge is 2.47. The highest BCUT2D eigenvalue weighted by Crippen LogP contribution is 2.42. The fourth-order valence-electron chi connectivity index (χ4n) is 5.89. The molecule has 0 N–H and O–H groups in total. The SMILES string of the molecule is CC(C)(C)N1CCN(C2CC3CN(C4CN(C(C)(C)C)C4)CC3C2)CC1. The van der Waals surface area contributed by atoms with Gasteiger partial charge in [0.2, 0.25) is 0 Å². The smallest absolute Gasteiger partial charge is 0.0351 e.